The largest absolute Gasteiger partial charge is 0.0980 e. The molecule has 1 heteroatoms. The lowest BCUT2D eigenvalue weighted by atomic mass is 9.96. The monoisotopic (exact) mass is 216 g/mol. The molecule has 0 atom stereocenters. The van der Waals surface area contributed by atoms with Gasteiger partial charge in [-0.15, -0.1) is 0 Å². The highest BCUT2D eigenvalue weighted by Crippen LogP contribution is 2.49. The maximum atomic E-state index is 2.49. The van der Waals surface area contributed by atoms with Crippen molar-refractivity contribution < 1.29 is 0 Å². The van der Waals surface area contributed by atoms with E-state index in [1.807, 2.05) is 0 Å². The quantitative estimate of drug-likeness (QED) is 0.666. The van der Waals surface area contributed by atoms with Crippen molar-refractivity contribution in [2.24, 2.45) is 0 Å². The van der Waals surface area contributed by atoms with Crippen LogP contribution in [0.3, 0.4) is 0 Å². The molecule has 0 bridgehead atoms. The summed E-state index contributed by atoms with van der Waals surface area (Å²) in [6.45, 7) is 7.18. The fraction of sp³-hybridized carbons (Fsp3) is 0.429. The van der Waals surface area contributed by atoms with Gasteiger partial charge in [0.1, 0.15) is 0 Å². The van der Waals surface area contributed by atoms with Gasteiger partial charge in [-0.3, -0.25) is 0 Å². The molecule has 0 N–H and O–H groups in total. The molecule has 0 unspecified atom stereocenters. The molecule has 0 radical (unpaired) electrons. The average molecular weight is 216 g/mol. The number of hydrogen-bond acceptors (Lipinski definition) is 0. The Hall–Kier alpha value is -0.823. The zero-order chi connectivity index (χ0) is 10.9. The molecule has 0 nitrogen and oxygen atoms in total. The van der Waals surface area contributed by atoms with Crippen LogP contribution in [0.5, 0.6) is 0 Å². The first-order valence-electron chi connectivity index (χ1n) is 5.78. The third kappa shape index (κ3) is 2.60. The zero-order valence-electron chi connectivity index (χ0n) is 9.96. The Balaban J connectivity index is 2.19. The Morgan fingerprint density at radius 1 is 1.07 bits per heavy atom. The summed E-state index contributed by atoms with van der Waals surface area (Å²) in [6, 6.07) is 10.9. The fourth-order valence-corrected chi connectivity index (χ4v) is 2.68. The molecule has 2 rings (SSSR count). The Kier molecular flexibility index (Phi) is 2.59. The van der Waals surface area contributed by atoms with E-state index in [4.69, 9.17) is 0 Å². The van der Waals surface area contributed by atoms with Crippen molar-refractivity contribution in [1.29, 1.82) is 0 Å². The van der Waals surface area contributed by atoms with Crippen molar-refractivity contribution in [1.82, 2.24) is 0 Å². The van der Waals surface area contributed by atoms with Gasteiger partial charge in [0.15, 0.2) is 0 Å². The van der Waals surface area contributed by atoms with E-state index in [1.54, 1.807) is 0 Å². The standard InChI is InChI=1S/C14H20Si/c1-15(2,3)12-11-14(9-10-14)13-7-5-4-6-8-13/h4-8,11-12H,9-10H2,1-3H3/b12-11+. The number of hydrogen-bond donors (Lipinski definition) is 0. The molecule has 1 aromatic rings. The Bertz CT molecular complexity index is 353. The van der Waals surface area contributed by atoms with E-state index in [1.165, 1.54) is 18.4 Å². The molecule has 80 valence electrons. The first kappa shape index (κ1) is 10.7. The van der Waals surface area contributed by atoms with Gasteiger partial charge in [0.05, 0.1) is 8.07 Å². The van der Waals surface area contributed by atoms with Crippen LogP contribution in [0.15, 0.2) is 42.1 Å². The summed E-state index contributed by atoms with van der Waals surface area (Å²) in [4.78, 5) is 0. The van der Waals surface area contributed by atoms with E-state index in [-0.39, 0.29) is 0 Å². The summed E-state index contributed by atoms with van der Waals surface area (Å²) in [5, 5.41) is 0. The Morgan fingerprint density at radius 3 is 2.13 bits per heavy atom. The van der Waals surface area contributed by atoms with Crippen LogP contribution in [0.2, 0.25) is 19.6 Å². The molecule has 1 aromatic carbocycles. The molecule has 1 saturated carbocycles. The third-order valence-electron chi connectivity index (χ3n) is 3.04. The molecular formula is C14H20Si. The minimum Gasteiger partial charge on any atom is -0.0980 e. The van der Waals surface area contributed by atoms with Crippen molar-refractivity contribution in [3.05, 3.63) is 47.7 Å². The molecule has 1 aliphatic rings. The summed E-state index contributed by atoms with van der Waals surface area (Å²) in [7, 11) is -1.04. The summed E-state index contributed by atoms with van der Waals surface area (Å²) in [6.07, 6.45) is 5.14. The summed E-state index contributed by atoms with van der Waals surface area (Å²) >= 11 is 0. The minimum atomic E-state index is -1.04. The van der Waals surface area contributed by atoms with Gasteiger partial charge in [-0.2, -0.15) is 0 Å². The van der Waals surface area contributed by atoms with Gasteiger partial charge in [0.25, 0.3) is 0 Å². The van der Waals surface area contributed by atoms with Crippen LogP contribution in [0, 0.1) is 0 Å². The molecule has 0 amide bonds. The van der Waals surface area contributed by atoms with Crippen LogP contribution in [-0.4, -0.2) is 8.07 Å². The van der Waals surface area contributed by atoms with Gasteiger partial charge in [-0.1, -0.05) is 61.7 Å². The Morgan fingerprint density at radius 2 is 1.67 bits per heavy atom. The van der Waals surface area contributed by atoms with Crippen LogP contribution in [0.1, 0.15) is 18.4 Å². The molecule has 1 aliphatic carbocycles. The molecule has 15 heavy (non-hydrogen) atoms. The van der Waals surface area contributed by atoms with Gasteiger partial charge >= 0.3 is 0 Å². The van der Waals surface area contributed by atoms with E-state index >= 15 is 0 Å². The van der Waals surface area contributed by atoms with Crippen molar-refractivity contribution >= 4 is 8.07 Å². The van der Waals surface area contributed by atoms with Crippen molar-refractivity contribution in [2.45, 2.75) is 37.9 Å². The predicted molar refractivity (Wildman–Crippen MR) is 69.8 cm³/mol. The lowest BCUT2D eigenvalue weighted by Crippen LogP contribution is -2.17. The van der Waals surface area contributed by atoms with Crippen LogP contribution in [-0.2, 0) is 5.41 Å². The number of rotatable bonds is 3. The lowest BCUT2D eigenvalue weighted by Gasteiger charge is -2.14. The van der Waals surface area contributed by atoms with Gasteiger partial charge < -0.3 is 0 Å². The average Bonchev–Trinajstić information content (AvgIpc) is 2.96. The van der Waals surface area contributed by atoms with Crippen LogP contribution in [0.25, 0.3) is 0 Å². The second-order valence-corrected chi connectivity index (χ2v) is 10.8. The van der Waals surface area contributed by atoms with Crippen LogP contribution in [0.4, 0.5) is 0 Å². The van der Waals surface area contributed by atoms with E-state index in [0.717, 1.165) is 0 Å². The normalized spacial score (nSPS) is 19.4. The molecule has 0 heterocycles. The number of allylic oxidation sites excluding steroid dienone is 1. The van der Waals surface area contributed by atoms with Crippen molar-refractivity contribution in [3.8, 4) is 0 Å². The third-order valence-corrected chi connectivity index (χ3v) is 4.21. The molecule has 1 fully saturated rings. The van der Waals surface area contributed by atoms with E-state index < -0.39 is 8.07 Å². The zero-order valence-corrected chi connectivity index (χ0v) is 11.0. The van der Waals surface area contributed by atoms with E-state index in [9.17, 15) is 0 Å². The predicted octanol–water partition coefficient (Wildman–Crippen LogP) is 4.15. The number of benzene rings is 1. The van der Waals surface area contributed by atoms with Gasteiger partial charge in [0, 0.05) is 5.41 Å². The molecular weight excluding hydrogens is 196 g/mol. The van der Waals surface area contributed by atoms with Crippen LogP contribution >= 0.6 is 0 Å². The highest BCUT2D eigenvalue weighted by Gasteiger charge is 2.41. The second kappa shape index (κ2) is 3.64. The van der Waals surface area contributed by atoms with Crippen molar-refractivity contribution in [3.63, 3.8) is 0 Å². The highest BCUT2D eigenvalue weighted by molar-refractivity contribution is 6.80. The molecule has 0 aromatic heterocycles. The van der Waals surface area contributed by atoms with E-state index in [2.05, 4.69) is 61.7 Å². The topological polar surface area (TPSA) is 0 Å². The van der Waals surface area contributed by atoms with Crippen LogP contribution < -0.4 is 0 Å². The second-order valence-electron chi connectivity index (χ2n) is 5.72. The maximum Gasteiger partial charge on any atom is 0.0683 e. The SMILES string of the molecule is C[Si](C)(C)/C=C/C1(c2ccccc2)CC1. The first-order chi connectivity index (χ1) is 7.02. The summed E-state index contributed by atoms with van der Waals surface area (Å²) in [5.41, 5.74) is 4.40. The Labute approximate surface area is 94.0 Å². The summed E-state index contributed by atoms with van der Waals surface area (Å²) < 4.78 is 0. The van der Waals surface area contributed by atoms with Gasteiger partial charge in [-0.25, -0.2) is 0 Å². The fourth-order valence-electron chi connectivity index (χ4n) is 1.87. The molecule has 0 saturated heterocycles. The molecule has 0 spiro atoms. The van der Waals surface area contributed by atoms with Crippen molar-refractivity contribution in [2.75, 3.05) is 0 Å². The highest BCUT2D eigenvalue weighted by atomic mass is 28.3. The van der Waals surface area contributed by atoms with Gasteiger partial charge in [-0.05, 0) is 18.4 Å². The van der Waals surface area contributed by atoms with Gasteiger partial charge in [0.2, 0.25) is 0 Å². The smallest absolute Gasteiger partial charge is 0.0683 e. The molecule has 0 aliphatic heterocycles. The maximum absolute atomic E-state index is 2.49. The minimum absolute atomic E-state index is 0.404. The summed E-state index contributed by atoms with van der Waals surface area (Å²) in [5.74, 6) is 0. The van der Waals surface area contributed by atoms with E-state index in [0.29, 0.717) is 5.41 Å². The lowest BCUT2D eigenvalue weighted by molar-refractivity contribution is 0.892. The first-order valence-corrected chi connectivity index (χ1v) is 9.36.